The molecule has 1 fully saturated rings. The lowest BCUT2D eigenvalue weighted by molar-refractivity contribution is 0.111. The molecular formula is C13H13NO. The molecule has 2 aromatic rings. The Morgan fingerprint density at radius 2 is 2.13 bits per heavy atom. The molecule has 76 valence electrons. The van der Waals surface area contributed by atoms with Crippen LogP contribution in [0.1, 0.15) is 34.9 Å². The molecule has 0 amide bonds. The Bertz CT molecular complexity index is 535. The summed E-state index contributed by atoms with van der Waals surface area (Å²) in [6.07, 6.45) is 3.38. The van der Waals surface area contributed by atoms with Crippen LogP contribution in [0.5, 0.6) is 0 Å². The molecule has 1 aliphatic rings. The quantitative estimate of drug-likeness (QED) is 0.681. The number of carbonyl (C=O) groups excluding carboxylic acids is 1. The zero-order chi connectivity index (χ0) is 10.4. The van der Waals surface area contributed by atoms with Crippen molar-refractivity contribution < 1.29 is 4.79 Å². The normalized spacial score (nSPS) is 15.8. The number of aldehydes is 1. The molecule has 0 spiro atoms. The first-order valence-corrected chi connectivity index (χ1v) is 5.36. The minimum atomic E-state index is 0.560. The number of hydrogen-bond acceptors (Lipinski definition) is 1. The topological polar surface area (TPSA) is 22.0 Å². The van der Waals surface area contributed by atoms with Crippen molar-refractivity contribution >= 4 is 17.2 Å². The fraction of sp³-hybridized carbons (Fsp3) is 0.308. The van der Waals surface area contributed by atoms with E-state index < -0.39 is 0 Å². The van der Waals surface area contributed by atoms with Gasteiger partial charge in [-0.15, -0.1) is 0 Å². The van der Waals surface area contributed by atoms with Crippen molar-refractivity contribution in [3.63, 3.8) is 0 Å². The summed E-state index contributed by atoms with van der Waals surface area (Å²) in [4.78, 5) is 11.0. The third kappa shape index (κ3) is 1.29. The molecule has 0 radical (unpaired) electrons. The number of nitrogens with zero attached hydrogens (tertiary/aromatic N) is 1. The van der Waals surface area contributed by atoms with E-state index in [9.17, 15) is 4.79 Å². The van der Waals surface area contributed by atoms with E-state index >= 15 is 0 Å². The number of aryl methyl sites for hydroxylation is 1. The predicted octanol–water partition coefficient (Wildman–Crippen LogP) is 3.10. The van der Waals surface area contributed by atoms with Crippen molar-refractivity contribution in [1.82, 2.24) is 4.57 Å². The minimum absolute atomic E-state index is 0.560. The van der Waals surface area contributed by atoms with Gasteiger partial charge in [0, 0.05) is 16.9 Å². The maximum absolute atomic E-state index is 11.0. The number of fused-ring (bicyclic) bond motifs is 1. The van der Waals surface area contributed by atoms with Crippen molar-refractivity contribution in [3.8, 4) is 0 Å². The standard InChI is InChI=1S/C13H13NO/c1-9-2-3-10-7-12(8-15)14(11-4-5-11)13(10)6-9/h2-3,6-8,11H,4-5H2,1H3. The molecule has 15 heavy (non-hydrogen) atoms. The van der Waals surface area contributed by atoms with E-state index in [-0.39, 0.29) is 0 Å². The first-order chi connectivity index (χ1) is 7.29. The molecule has 0 N–H and O–H groups in total. The van der Waals surface area contributed by atoms with Crippen LogP contribution in [0.25, 0.3) is 10.9 Å². The molecule has 1 heterocycles. The predicted molar refractivity (Wildman–Crippen MR) is 60.3 cm³/mol. The van der Waals surface area contributed by atoms with Crippen LogP contribution in [-0.2, 0) is 0 Å². The summed E-state index contributed by atoms with van der Waals surface area (Å²) in [7, 11) is 0. The van der Waals surface area contributed by atoms with E-state index in [1.54, 1.807) is 0 Å². The lowest BCUT2D eigenvalue weighted by atomic mass is 10.2. The SMILES string of the molecule is Cc1ccc2cc(C=O)n(C3CC3)c2c1. The highest BCUT2D eigenvalue weighted by Crippen LogP contribution is 2.39. The van der Waals surface area contributed by atoms with Gasteiger partial charge >= 0.3 is 0 Å². The van der Waals surface area contributed by atoms with Gasteiger partial charge in [0.05, 0.1) is 5.69 Å². The average Bonchev–Trinajstić information content (AvgIpc) is 2.99. The van der Waals surface area contributed by atoms with Crippen LogP contribution in [-0.4, -0.2) is 10.9 Å². The van der Waals surface area contributed by atoms with Crippen molar-refractivity contribution in [1.29, 1.82) is 0 Å². The third-order valence-corrected chi connectivity index (χ3v) is 3.06. The van der Waals surface area contributed by atoms with Crippen LogP contribution in [0, 0.1) is 6.92 Å². The molecule has 0 atom stereocenters. The van der Waals surface area contributed by atoms with Gasteiger partial charge in [-0.2, -0.15) is 0 Å². The Morgan fingerprint density at radius 3 is 2.80 bits per heavy atom. The van der Waals surface area contributed by atoms with Gasteiger partial charge in [0.2, 0.25) is 0 Å². The molecule has 3 rings (SSSR count). The third-order valence-electron chi connectivity index (χ3n) is 3.06. The van der Waals surface area contributed by atoms with Crippen LogP contribution in [0.2, 0.25) is 0 Å². The molecule has 1 saturated carbocycles. The molecule has 0 saturated heterocycles. The van der Waals surface area contributed by atoms with E-state index in [0.29, 0.717) is 6.04 Å². The zero-order valence-electron chi connectivity index (χ0n) is 8.73. The highest BCUT2D eigenvalue weighted by Gasteiger charge is 2.26. The monoisotopic (exact) mass is 199 g/mol. The second kappa shape index (κ2) is 2.96. The van der Waals surface area contributed by atoms with Crippen molar-refractivity contribution in [2.45, 2.75) is 25.8 Å². The Labute approximate surface area is 88.5 Å². The van der Waals surface area contributed by atoms with Gasteiger partial charge in [0.15, 0.2) is 6.29 Å². The Balaban J connectivity index is 2.34. The van der Waals surface area contributed by atoms with Gasteiger partial charge in [-0.3, -0.25) is 4.79 Å². The molecule has 0 unspecified atom stereocenters. The van der Waals surface area contributed by atoms with E-state index in [1.165, 1.54) is 29.3 Å². The van der Waals surface area contributed by atoms with E-state index in [4.69, 9.17) is 0 Å². The second-order valence-electron chi connectivity index (χ2n) is 4.35. The lowest BCUT2D eigenvalue weighted by Gasteiger charge is -2.05. The summed E-state index contributed by atoms with van der Waals surface area (Å²) in [6.45, 7) is 2.09. The van der Waals surface area contributed by atoms with Gasteiger partial charge in [-0.1, -0.05) is 12.1 Å². The molecular weight excluding hydrogens is 186 g/mol. The summed E-state index contributed by atoms with van der Waals surface area (Å²) in [5.74, 6) is 0. The number of carbonyl (C=O) groups is 1. The number of aromatic nitrogens is 1. The van der Waals surface area contributed by atoms with Crippen LogP contribution in [0.4, 0.5) is 0 Å². The molecule has 1 aromatic carbocycles. The summed E-state index contributed by atoms with van der Waals surface area (Å²) >= 11 is 0. The maximum atomic E-state index is 11.0. The maximum Gasteiger partial charge on any atom is 0.166 e. The molecule has 0 aliphatic heterocycles. The van der Waals surface area contributed by atoms with Crippen molar-refractivity contribution in [2.24, 2.45) is 0 Å². The van der Waals surface area contributed by atoms with Gasteiger partial charge in [-0.05, 0) is 37.5 Å². The largest absolute Gasteiger partial charge is 0.335 e. The zero-order valence-corrected chi connectivity index (χ0v) is 8.73. The number of hydrogen-bond donors (Lipinski definition) is 0. The Kier molecular flexibility index (Phi) is 1.72. The molecule has 1 aliphatic carbocycles. The molecule has 0 bridgehead atoms. The average molecular weight is 199 g/mol. The number of rotatable bonds is 2. The van der Waals surface area contributed by atoms with Gasteiger partial charge in [0.1, 0.15) is 0 Å². The first kappa shape index (κ1) is 8.72. The van der Waals surface area contributed by atoms with Crippen molar-refractivity contribution in [2.75, 3.05) is 0 Å². The Morgan fingerprint density at radius 1 is 1.33 bits per heavy atom. The van der Waals surface area contributed by atoms with Crippen LogP contribution >= 0.6 is 0 Å². The van der Waals surface area contributed by atoms with Gasteiger partial charge in [0.25, 0.3) is 0 Å². The van der Waals surface area contributed by atoms with Crippen molar-refractivity contribution in [3.05, 3.63) is 35.5 Å². The van der Waals surface area contributed by atoms with Gasteiger partial charge in [-0.25, -0.2) is 0 Å². The first-order valence-electron chi connectivity index (χ1n) is 5.36. The summed E-state index contributed by atoms with van der Waals surface area (Å²) in [6, 6.07) is 8.90. The molecule has 1 aromatic heterocycles. The lowest BCUT2D eigenvalue weighted by Crippen LogP contribution is -1.98. The minimum Gasteiger partial charge on any atom is -0.335 e. The highest BCUT2D eigenvalue weighted by atomic mass is 16.1. The van der Waals surface area contributed by atoms with E-state index in [0.717, 1.165) is 12.0 Å². The van der Waals surface area contributed by atoms with Crippen LogP contribution < -0.4 is 0 Å². The highest BCUT2D eigenvalue weighted by molar-refractivity contribution is 5.89. The molecule has 2 heteroatoms. The Hall–Kier alpha value is -1.57. The molecule has 2 nitrogen and oxygen atoms in total. The smallest absolute Gasteiger partial charge is 0.166 e. The van der Waals surface area contributed by atoms with Crippen LogP contribution in [0.3, 0.4) is 0 Å². The van der Waals surface area contributed by atoms with Crippen LogP contribution in [0.15, 0.2) is 24.3 Å². The number of benzene rings is 1. The van der Waals surface area contributed by atoms with E-state index in [1.807, 2.05) is 6.07 Å². The van der Waals surface area contributed by atoms with E-state index in [2.05, 4.69) is 29.7 Å². The summed E-state index contributed by atoms with van der Waals surface area (Å²) in [5.41, 5.74) is 3.28. The second-order valence-corrected chi connectivity index (χ2v) is 4.35. The summed E-state index contributed by atoms with van der Waals surface area (Å²) in [5, 5.41) is 1.18. The summed E-state index contributed by atoms with van der Waals surface area (Å²) < 4.78 is 2.19. The fourth-order valence-corrected chi connectivity index (χ4v) is 2.18. The fourth-order valence-electron chi connectivity index (χ4n) is 2.18. The van der Waals surface area contributed by atoms with Gasteiger partial charge < -0.3 is 4.57 Å².